The third-order valence-electron chi connectivity index (χ3n) is 5.89. The summed E-state index contributed by atoms with van der Waals surface area (Å²) in [6.07, 6.45) is -0.766. The van der Waals surface area contributed by atoms with Crippen molar-refractivity contribution in [1.29, 1.82) is 0 Å². The molecule has 32 heavy (non-hydrogen) atoms. The molecule has 8 heteroatoms. The first-order chi connectivity index (χ1) is 15.3. The van der Waals surface area contributed by atoms with Crippen molar-refractivity contribution in [3.63, 3.8) is 0 Å². The fourth-order valence-corrected chi connectivity index (χ4v) is 4.18. The highest BCUT2D eigenvalue weighted by Gasteiger charge is 2.31. The molecular formula is C24H25F3N4O. The number of benzene rings is 2. The van der Waals surface area contributed by atoms with Gasteiger partial charge in [0.25, 0.3) is 5.91 Å². The Hall–Kier alpha value is -3.13. The average Bonchev–Trinajstić information content (AvgIpc) is 3.44. The molecule has 168 valence electrons. The summed E-state index contributed by atoms with van der Waals surface area (Å²) in [5.74, 6) is -0.291. The van der Waals surface area contributed by atoms with Crippen LogP contribution in [0.5, 0.6) is 0 Å². The Bertz CT molecular complexity index is 1070. The smallest absolute Gasteiger partial charge is 0.350 e. The summed E-state index contributed by atoms with van der Waals surface area (Å²) in [7, 11) is 0. The van der Waals surface area contributed by atoms with Crippen LogP contribution < -0.4 is 5.32 Å². The van der Waals surface area contributed by atoms with Crippen LogP contribution in [-0.2, 0) is 6.18 Å². The molecule has 1 saturated heterocycles. The van der Waals surface area contributed by atoms with Gasteiger partial charge in [-0.25, -0.2) is 4.68 Å². The molecule has 2 aromatic carbocycles. The highest BCUT2D eigenvalue weighted by molar-refractivity contribution is 5.95. The Morgan fingerprint density at radius 1 is 1.09 bits per heavy atom. The molecule has 1 N–H and O–H groups in total. The van der Waals surface area contributed by atoms with Gasteiger partial charge in [0.05, 0.1) is 34.7 Å². The van der Waals surface area contributed by atoms with Crippen molar-refractivity contribution in [2.75, 3.05) is 19.6 Å². The molecule has 1 aromatic heterocycles. The van der Waals surface area contributed by atoms with Gasteiger partial charge < -0.3 is 5.32 Å². The molecule has 3 aromatic rings. The van der Waals surface area contributed by atoms with E-state index in [0.29, 0.717) is 17.8 Å². The Labute approximate surface area is 184 Å². The van der Waals surface area contributed by atoms with E-state index in [9.17, 15) is 18.0 Å². The van der Waals surface area contributed by atoms with Gasteiger partial charge in [-0.2, -0.15) is 18.3 Å². The highest BCUT2D eigenvalue weighted by atomic mass is 19.4. The Morgan fingerprint density at radius 3 is 2.50 bits per heavy atom. The number of carbonyl (C=O) groups is 1. The van der Waals surface area contributed by atoms with Gasteiger partial charge in [0.15, 0.2) is 0 Å². The summed E-state index contributed by atoms with van der Waals surface area (Å²) in [5.41, 5.74) is 1.48. The van der Waals surface area contributed by atoms with E-state index in [1.165, 1.54) is 23.0 Å². The molecule has 0 radical (unpaired) electrons. The van der Waals surface area contributed by atoms with Gasteiger partial charge in [0, 0.05) is 6.54 Å². The molecule has 1 atom stereocenters. The fourth-order valence-electron chi connectivity index (χ4n) is 4.18. The van der Waals surface area contributed by atoms with Crippen molar-refractivity contribution in [2.24, 2.45) is 0 Å². The van der Waals surface area contributed by atoms with Crippen LogP contribution in [0.2, 0.25) is 0 Å². The van der Waals surface area contributed by atoms with Gasteiger partial charge in [-0.1, -0.05) is 36.4 Å². The van der Waals surface area contributed by atoms with Crippen molar-refractivity contribution in [1.82, 2.24) is 20.0 Å². The van der Waals surface area contributed by atoms with Crippen LogP contribution in [0.3, 0.4) is 0 Å². The largest absolute Gasteiger partial charge is 0.416 e. The summed E-state index contributed by atoms with van der Waals surface area (Å²) in [6.45, 7) is 4.10. The van der Waals surface area contributed by atoms with Crippen LogP contribution in [0.4, 0.5) is 13.2 Å². The highest BCUT2D eigenvalue weighted by Crippen LogP contribution is 2.30. The van der Waals surface area contributed by atoms with E-state index < -0.39 is 11.7 Å². The van der Waals surface area contributed by atoms with Crippen molar-refractivity contribution in [3.8, 4) is 5.69 Å². The summed E-state index contributed by atoms with van der Waals surface area (Å²) in [6, 6.07) is 15.1. The van der Waals surface area contributed by atoms with Crippen molar-refractivity contribution in [3.05, 3.63) is 83.2 Å². The van der Waals surface area contributed by atoms with Crippen LogP contribution in [0.25, 0.3) is 5.69 Å². The summed E-state index contributed by atoms with van der Waals surface area (Å²) < 4.78 is 40.6. The number of carbonyl (C=O) groups excluding carboxylic acids is 1. The SMILES string of the molecule is Cc1c(C(=O)NCC(c2ccccc2)N2CCCC2)cnn1-c1cccc(C(F)(F)F)c1. The van der Waals surface area contributed by atoms with Crippen LogP contribution in [0.1, 0.15) is 46.1 Å². The fraction of sp³-hybridized carbons (Fsp3) is 0.333. The lowest BCUT2D eigenvalue weighted by molar-refractivity contribution is -0.137. The van der Waals surface area contributed by atoms with Gasteiger partial charge in [-0.15, -0.1) is 0 Å². The Balaban J connectivity index is 1.51. The van der Waals surface area contributed by atoms with Gasteiger partial charge in [-0.3, -0.25) is 9.69 Å². The number of hydrogen-bond acceptors (Lipinski definition) is 3. The molecule has 1 unspecified atom stereocenters. The first-order valence-electron chi connectivity index (χ1n) is 10.6. The number of hydrogen-bond donors (Lipinski definition) is 1. The Morgan fingerprint density at radius 2 is 1.81 bits per heavy atom. The molecule has 0 spiro atoms. The maximum Gasteiger partial charge on any atom is 0.416 e. The van der Waals surface area contributed by atoms with Crippen molar-refractivity contribution in [2.45, 2.75) is 32.0 Å². The molecule has 0 aliphatic carbocycles. The number of rotatable bonds is 6. The van der Waals surface area contributed by atoms with Gasteiger partial charge in [0.2, 0.25) is 0 Å². The molecule has 1 aliphatic rings. The second-order valence-electron chi connectivity index (χ2n) is 7.98. The lowest BCUT2D eigenvalue weighted by Gasteiger charge is -2.28. The third kappa shape index (κ3) is 4.70. The predicted octanol–water partition coefficient (Wildman–Crippen LogP) is 4.77. The van der Waals surface area contributed by atoms with Crippen LogP contribution in [0, 0.1) is 6.92 Å². The first kappa shape index (κ1) is 22.1. The van der Waals surface area contributed by atoms with E-state index in [1.54, 1.807) is 6.92 Å². The molecule has 1 amide bonds. The summed E-state index contributed by atoms with van der Waals surface area (Å²) in [5, 5.41) is 7.17. The first-order valence-corrected chi connectivity index (χ1v) is 10.6. The van der Waals surface area contributed by atoms with Gasteiger partial charge in [0.1, 0.15) is 0 Å². The zero-order chi connectivity index (χ0) is 22.7. The van der Waals surface area contributed by atoms with E-state index in [-0.39, 0.29) is 17.6 Å². The zero-order valence-corrected chi connectivity index (χ0v) is 17.8. The van der Waals surface area contributed by atoms with E-state index >= 15 is 0 Å². The third-order valence-corrected chi connectivity index (χ3v) is 5.89. The summed E-state index contributed by atoms with van der Waals surface area (Å²) in [4.78, 5) is 15.3. The van der Waals surface area contributed by atoms with Crippen molar-refractivity contribution < 1.29 is 18.0 Å². The minimum absolute atomic E-state index is 0.0708. The topological polar surface area (TPSA) is 50.2 Å². The van der Waals surface area contributed by atoms with Gasteiger partial charge in [-0.05, 0) is 56.6 Å². The van der Waals surface area contributed by atoms with Crippen LogP contribution in [-0.4, -0.2) is 40.2 Å². The zero-order valence-electron chi connectivity index (χ0n) is 17.8. The number of halogens is 3. The van der Waals surface area contributed by atoms with Crippen LogP contribution >= 0.6 is 0 Å². The van der Waals surface area contributed by atoms with E-state index in [1.807, 2.05) is 18.2 Å². The van der Waals surface area contributed by atoms with Gasteiger partial charge >= 0.3 is 6.18 Å². The second-order valence-corrected chi connectivity index (χ2v) is 7.98. The molecule has 0 saturated carbocycles. The predicted molar refractivity (Wildman–Crippen MR) is 116 cm³/mol. The number of nitrogens with zero attached hydrogens (tertiary/aromatic N) is 3. The second kappa shape index (κ2) is 9.16. The lowest BCUT2D eigenvalue weighted by atomic mass is 10.1. The number of alkyl halides is 3. The normalized spacial score (nSPS) is 15.6. The monoisotopic (exact) mass is 442 g/mol. The van der Waals surface area contributed by atoms with Crippen molar-refractivity contribution >= 4 is 5.91 Å². The number of amides is 1. The van der Waals surface area contributed by atoms with Crippen LogP contribution in [0.15, 0.2) is 60.8 Å². The van der Waals surface area contributed by atoms with E-state index in [4.69, 9.17) is 0 Å². The molecule has 1 fully saturated rings. The minimum atomic E-state index is -4.45. The molecular weight excluding hydrogens is 417 g/mol. The maximum atomic E-state index is 13.1. The summed E-state index contributed by atoms with van der Waals surface area (Å²) >= 11 is 0. The molecule has 1 aliphatic heterocycles. The molecule has 4 rings (SSSR count). The number of aromatic nitrogens is 2. The minimum Gasteiger partial charge on any atom is -0.350 e. The standard InChI is InChI=1S/C24H25F3N4O/c1-17-21(15-29-31(17)20-11-7-10-19(14-20)24(25,26)27)23(32)28-16-22(30-12-5-6-13-30)18-8-3-2-4-9-18/h2-4,7-11,14-15,22H,5-6,12-13,16H2,1H3,(H,28,32). The molecule has 2 heterocycles. The lowest BCUT2D eigenvalue weighted by Crippen LogP contribution is -2.36. The molecule has 0 bridgehead atoms. The quantitative estimate of drug-likeness (QED) is 0.599. The molecule has 5 nitrogen and oxygen atoms in total. The Kier molecular flexibility index (Phi) is 6.32. The number of nitrogens with one attached hydrogen (secondary N) is 1. The average molecular weight is 442 g/mol. The maximum absolute atomic E-state index is 13.1. The number of likely N-dealkylation sites (tertiary alicyclic amines) is 1. The van der Waals surface area contributed by atoms with E-state index in [2.05, 4.69) is 27.4 Å². The van der Waals surface area contributed by atoms with E-state index in [0.717, 1.165) is 43.6 Å².